The van der Waals surface area contributed by atoms with Gasteiger partial charge in [0.05, 0.1) is 39.9 Å². The highest BCUT2D eigenvalue weighted by Gasteiger charge is 2.24. The number of phosphoric acid groups is 1. The number of quaternary nitrogens is 1. The largest absolute Gasteiger partial charge is 0.756 e. The lowest BCUT2D eigenvalue weighted by Gasteiger charge is -2.30. The molecule has 8 nitrogen and oxygen atoms in total. The average Bonchev–Trinajstić information content (AvgIpc) is 2.94. The van der Waals surface area contributed by atoms with Crippen molar-refractivity contribution in [1.82, 2.24) is 5.32 Å². The molecule has 0 rings (SSSR count). The van der Waals surface area contributed by atoms with Crippen LogP contribution in [-0.4, -0.2) is 68.5 Å². The molecular formula is C34H71N2O6P. The third kappa shape index (κ3) is 29.9. The highest BCUT2D eigenvalue weighted by Crippen LogP contribution is 2.38. The summed E-state index contributed by atoms with van der Waals surface area (Å²) in [6, 6.07) is -0.789. The number of hydrogen-bond donors (Lipinski definition) is 2. The van der Waals surface area contributed by atoms with Crippen molar-refractivity contribution in [1.29, 1.82) is 0 Å². The van der Waals surface area contributed by atoms with Crippen LogP contribution in [0.25, 0.3) is 0 Å². The Balaban J connectivity index is 4.43. The summed E-state index contributed by atoms with van der Waals surface area (Å²) in [5.74, 6) is -0.172. The molecule has 9 heteroatoms. The minimum Gasteiger partial charge on any atom is -0.756 e. The van der Waals surface area contributed by atoms with Crippen LogP contribution < -0.4 is 10.2 Å². The van der Waals surface area contributed by atoms with Crippen LogP contribution in [0.3, 0.4) is 0 Å². The van der Waals surface area contributed by atoms with Gasteiger partial charge in [-0.3, -0.25) is 9.36 Å². The van der Waals surface area contributed by atoms with Gasteiger partial charge in [-0.15, -0.1) is 0 Å². The molecule has 3 unspecified atom stereocenters. The summed E-state index contributed by atoms with van der Waals surface area (Å²) in [6.45, 7) is 4.65. The van der Waals surface area contributed by atoms with Crippen molar-refractivity contribution in [2.24, 2.45) is 0 Å². The summed E-state index contributed by atoms with van der Waals surface area (Å²) in [4.78, 5) is 25.0. The lowest BCUT2D eigenvalue weighted by atomic mass is 10.0. The van der Waals surface area contributed by atoms with Crippen LogP contribution in [0.4, 0.5) is 0 Å². The first-order valence-corrected chi connectivity index (χ1v) is 19.3. The number of nitrogens with zero attached hydrogens (tertiary/aromatic N) is 1. The van der Waals surface area contributed by atoms with E-state index in [1.807, 2.05) is 21.1 Å². The normalized spacial score (nSPS) is 14.9. The molecule has 0 aromatic heterocycles. The molecular weight excluding hydrogens is 563 g/mol. The minimum absolute atomic E-state index is 0.0150. The van der Waals surface area contributed by atoms with Crippen molar-refractivity contribution in [3.8, 4) is 0 Å². The molecule has 3 atom stereocenters. The van der Waals surface area contributed by atoms with Crippen LogP contribution in [0.15, 0.2) is 0 Å². The number of phosphoric ester groups is 1. The fraction of sp³-hybridized carbons (Fsp3) is 0.971. The molecule has 0 heterocycles. The van der Waals surface area contributed by atoms with Gasteiger partial charge >= 0.3 is 0 Å². The van der Waals surface area contributed by atoms with Crippen molar-refractivity contribution in [3.63, 3.8) is 0 Å². The number of likely N-dealkylation sites (N-methyl/N-ethyl adjacent to an activating group) is 1. The van der Waals surface area contributed by atoms with E-state index in [9.17, 15) is 19.4 Å². The van der Waals surface area contributed by atoms with Crippen molar-refractivity contribution < 1.29 is 32.9 Å². The van der Waals surface area contributed by atoms with Gasteiger partial charge in [-0.2, -0.15) is 0 Å². The number of aliphatic hydroxyl groups excluding tert-OH is 1. The minimum atomic E-state index is -4.54. The number of carbonyl (C=O) groups is 1. The summed E-state index contributed by atoms with van der Waals surface area (Å²) in [6.07, 6.45) is 25.4. The molecule has 0 spiro atoms. The third-order valence-corrected chi connectivity index (χ3v) is 9.06. The maximum Gasteiger partial charge on any atom is 0.268 e. The van der Waals surface area contributed by atoms with E-state index >= 15 is 0 Å². The molecule has 0 saturated heterocycles. The molecule has 43 heavy (non-hydrogen) atoms. The van der Waals surface area contributed by atoms with Crippen LogP contribution in [0, 0.1) is 0 Å². The number of amides is 1. The number of unbranched alkanes of at least 4 members (excludes halogenated alkanes) is 19. The summed E-state index contributed by atoms with van der Waals surface area (Å²) < 4.78 is 23.0. The van der Waals surface area contributed by atoms with E-state index in [4.69, 9.17) is 9.05 Å². The van der Waals surface area contributed by atoms with E-state index in [0.717, 1.165) is 38.5 Å². The van der Waals surface area contributed by atoms with Gasteiger partial charge in [0, 0.05) is 6.42 Å². The molecule has 0 aromatic carbocycles. The first kappa shape index (κ1) is 42.5. The van der Waals surface area contributed by atoms with Gasteiger partial charge in [0.2, 0.25) is 5.91 Å². The molecule has 0 radical (unpaired) electrons. The highest BCUT2D eigenvalue weighted by atomic mass is 31.2. The predicted octanol–water partition coefficient (Wildman–Crippen LogP) is 8.05. The maximum atomic E-state index is 12.6. The lowest BCUT2D eigenvalue weighted by Crippen LogP contribution is -2.46. The fourth-order valence-electron chi connectivity index (χ4n) is 5.16. The zero-order chi connectivity index (χ0) is 32.2. The zero-order valence-corrected chi connectivity index (χ0v) is 29.8. The van der Waals surface area contributed by atoms with E-state index in [2.05, 4.69) is 19.2 Å². The van der Waals surface area contributed by atoms with E-state index < -0.39 is 20.0 Å². The van der Waals surface area contributed by atoms with Gasteiger partial charge < -0.3 is 28.8 Å². The Morgan fingerprint density at radius 2 is 1.14 bits per heavy atom. The van der Waals surface area contributed by atoms with Crippen molar-refractivity contribution in [3.05, 3.63) is 0 Å². The Morgan fingerprint density at radius 1 is 0.721 bits per heavy atom. The van der Waals surface area contributed by atoms with Gasteiger partial charge in [-0.05, 0) is 12.8 Å². The summed E-state index contributed by atoms with van der Waals surface area (Å²) in [7, 11) is 1.31. The second kappa shape index (κ2) is 27.8. The molecule has 1 amide bonds. The Morgan fingerprint density at radius 3 is 1.58 bits per heavy atom. The Hall–Kier alpha value is -0.500. The zero-order valence-electron chi connectivity index (χ0n) is 28.9. The number of hydrogen-bond acceptors (Lipinski definition) is 6. The number of carbonyl (C=O) groups excluding carboxylic acids is 1. The average molecular weight is 635 g/mol. The Labute approximate surface area is 266 Å². The molecule has 0 aliphatic heterocycles. The van der Waals surface area contributed by atoms with E-state index in [-0.39, 0.29) is 19.1 Å². The number of rotatable bonds is 32. The molecule has 0 aliphatic rings. The second-order valence-corrected chi connectivity index (χ2v) is 15.0. The SMILES string of the molecule is CCCCCCCCCCCCCCCCC(O)C(COP(=O)([O-])OCC[N+](C)(C)C)NC(=O)CCCCCCCCC. The summed E-state index contributed by atoms with van der Waals surface area (Å²) >= 11 is 0. The Kier molecular flexibility index (Phi) is 27.5. The molecule has 2 N–H and O–H groups in total. The van der Waals surface area contributed by atoms with Crippen molar-refractivity contribution in [2.75, 3.05) is 40.9 Å². The van der Waals surface area contributed by atoms with Gasteiger partial charge in [0.25, 0.3) is 7.82 Å². The molecule has 0 saturated carbocycles. The second-order valence-electron chi connectivity index (χ2n) is 13.6. The highest BCUT2D eigenvalue weighted by molar-refractivity contribution is 7.45. The first-order valence-electron chi connectivity index (χ1n) is 17.9. The van der Waals surface area contributed by atoms with Crippen molar-refractivity contribution in [2.45, 2.75) is 174 Å². The maximum absolute atomic E-state index is 12.6. The molecule has 0 fully saturated rings. The van der Waals surface area contributed by atoms with Crippen LogP contribution in [0.5, 0.6) is 0 Å². The van der Waals surface area contributed by atoms with E-state index in [1.54, 1.807) is 0 Å². The third-order valence-electron chi connectivity index (χ3n) is 8.10. The smallest absolute Gasteiger partial charge is 0.268 e. The first-order chi connectivity index (χ1) is 20.5. The predicted molar refractivity (Wildman–Crippen MR) is 178 cm³/mol. The molecule has 0 bridgehead atoms. The molecule has 258 valence electrons. The monoisotopic (exact) mass is 635 g/mol. The van der Waals surface area contributed by atoms with E-state index in [1.165, 1.54) is 96.3 Å². The Bertz CT molecular complexity index is 688. The van der Waals surface area contributed by atoms with Crippen molar-refractivity contribution >= 4 is 13.7 Å². The quantitative estimate of drug-likeness (QED) is 0.0440. The number of aliphatic hydroxyl groups is 1. The van der Waals surface area contributed by atoms with Gasteiger partial charge in [0.1, 0.15) is 13.2 Å². The summed E-state index contributed by atoms with van der Waals surface area (Å²) in [5, 5.41) is 13.7. The lowest BCUT2D eigenvalue weighted by molar-refractivity contribution is -0.870. The van der Waals surface area contributed by atoms with Crippen LogP contribution in [-0.2, 0) is 18.4 Å². The van der Waals surface area contributed by atoms with Gasteiger partial charge in [-0.25, -0.2) is 0 Å². The van der Waals surface area contributed by atoms with Crippen LogP contribution in [0.1, 0.15) is 162 Å². The van der Waals surface area contributed by atoms with Gasteiger partial charge in [0.15, 0.2) is 0 Å². The standard InChI is InChI=1S/C34H71N2O6P/c1-6-8-10-12-14-15-16-17-18-19-20-22-23-25-27-33(37)32(31-42-43(39,40)41-30-29-36(3,4)5)35-34(38)28-26-24-21-13-11-9-7-2/h32-33,37H,6-31H2,1-5H3,(H-,35,38,39,40). The molecule has 0 aromatic rings. The van der Waals surface area contributed by atoms with Crippen LogP contribution >= 0.6 is 7.82 Å². The molecule has 0 aliphatic carbocycles. The fourth-order valence-corrected chi connectivity index (χ4v) is 5.88. The van der Waals surface area contributed by atoms with E-state index in [0.29, 0.717) is 23.9 Å². The summed E-state index contributed by atoms with van der Waals surface area (Å²) in [5.41, 5.74) is 0. The van der Waals surface area contributed by atoms with Gasteiger partial charge in [-0.1, -0.05) is 142 Å². The van der Waals surface area contributed by atoms with Crippen LogP contribution in [0.2, 0.25) is 0 Å². The topological polar surface area (TPSA) is 108 Å². The number of nitrogens with one attached hydrogen (secondary N) is 1.